The Labute approximate surface area is 129 Å². The topological polar surface area (TPSA) is 17.1 Å². The number of unbranched alkanes of at least 4 members (excludes halogenated alkanes) is 2. The molecule has 0 aliphatic carbocycles. The number of carbonyl (C=O) groups is 1. The molecule has 0 saturated heterocycles. The Morgan fingerprint density at radius 3 is 2.30 bits per heavy atom. The Bertz CT molecular complexity index is 548. The lowest BCUT2D eigenvalue weighted by molar-refractivity contribution is 0.0980. The van der Waals surface area contributed by atoms with E-state index in [0.717, 1.165) is 41.3 Å². The van der Waals surface area contributed by atoms with Crippen molar-refractivity contribution < 1.29 is 4.79 Å². The lowest BCUT2D eigenvalue weighted by Crippen LogP contribution is -2.01. The van der Waals surface area contributed by atoms with Gasteiger partial charge in [-0.25, -0.2) is 0 Å². The minimum atomic E-state index is 0.249. The van der Waals surface area contributed by atoms with Crippen LogP contribution < -0.4 is 0 Å². The van der Waals surface area contributed by atoms with Gasteiger partial charge in [0.25, 0.3) is 0 Å². The van der Waals surface area contributed by atoms with Crippen LogP contribution >= 0.6 is 15.9 Å². The van der Waals surface area contributed by atoms with E-state index in [0.29, 0.717) is 6.42 Å². The molecule has 0 saturated carbocycles. The molecule has 2 rings (SSSR count). The maximum atomic E-state index is 12.4. The molecular weight excluding hydrogens is 312 g/mol. The van der Waals surface area contributed by atoms with Gasteiger partial charge >= 0.3 is 0 Å². The van der Waals surface area contributed by atoms with Crippen LogP contribution in [0, 0.1) is 0 Å². The third-order valence-electron chi connectivity index (χ3n) is 3.35. The lowest BCUT2D eigenvalue weighted by atomic mass is 9.95. The molecule has 1 nitrogen and oxygen atoms in total. The highest BCUT2D eigenvalue weighted by molar-refractivity contribution is 9.09. The van der Waals surface area contributed by atoms with E-state index in [1.807, 2.05) is 42.5 Å². The number of benzene rings is 2. The SMILES string of the molecule is O=C(CCCCCBr)c1ccccc1-c1ccccc1. The highest BCUT2D eigenvalue weighted by Crippen LogP contribution is 2.25. The standard InChI is InChI=1S/C18H19BrO/c19-14-8-2-5-13-18(20)17-12-7-6-11-16(17)15-9-3-1-4-10-15/h1,3-4,6-7,9-12H,2,5,8,13-14H2. The quantitative estimate of drug-likeness (QED) is 0.372. The van der Waals surface area contributed by atoms with Crippen molar-refractivity contribution in [1.29, 1.82) is 0 Å². The van der Waals surface area contributed by atoms with E-state index in [-0.39, 0.29) is 5.78 Å². The van der Waals surface area contributed by atoms with Crippen LogP contribution in [0.25, 0.3) is 11.1 Å². The summed E-state index contributed by atoms with van der Waals surface area (Å²) < 4.78 is 0. The van der Waals surface area contributed by atoms with Gasteiger partial charge in [0.15, 0.2) is 5.78 Å². The molecule has 0 fully saturated rings. The Balaban J connectivity index is 2.14. The Morgan fingerprint density at radius 1 is 0.850 bits per heavy atom. The second-order valence-corrected chi connectivity index (χ2v) is 5.63. The minimum Gasteiger partial charge on any atom is -0.294 e. The van der Waals surface area contributed by atoms with Crippen molar-refractivity contribution in [2.75, 3.05) is 5.33 Å². The molecule has 0 unspecified atom stereocenters. The molecule has 0 spiro atoms. The molecule has 2 aromatic carbocycles. The second-order valence-electron chi connectivity index (χ2n) is 4.83. The van der Waals surface area contributed by atoms with Crippen LogP contribution in [0.3, 0.4) is 0 Å². The zero-order chi connectivity index (χ0) is 14.2. The molecule has 20 heavy (non-hydrogen) atoms. The molecule has 0 aromatic heterocycles. The molecule has 2 heteroatoms. The highest BCUT2D eigenvalue weighted by Gasteiger charge is 2.11. The van der Waals surface area contributed by atoms with Crippen LogP contribution in [0.2, 0.25) is 0 Å². The van der Waals surface area contributed by atoms with Crippen molar-refractivity contribution in [2.45, 2.75) is 25.7 Å². The number of carbonyl (C=O) groups excluding carboxylic acids is 1. The van der Waals surface area contributed by atoms with Gasteiger partial charge in [-0.3, -0.25) is 4.79 Å². The number of hydrogen-bond acceptors (Lipinski definition) is 1. The van der Waals surface area contributed by atoms with Gasteiger partial charge < -0.3 is 0 Å². The van der Waals surface area contributed by atoms with Gasteiger partial charge in [0.1, 0.15) is 0 Å². The molecule has 0 aliphatic rings. The molecular formula is C18H19BrO. The second kappa shape index (κ2) is 8.01. The number of rotatable bonds is 7. The molecule has 0 atom stereocenters. The number of ketones is 1. The van der Waals surface area contributed by atoms with Gasteiger partial charge in [-0.2, -0.15) is 0 Å². The maximum Gasteiger partial charge on any atom is 0.163 e. The first-order chi connectivity index (χ1) is 9.83. The Morgan fingerprint density at radius 2 is 1.55 bits per heavy atom. The molecule has 0 radical (unpaired) electrons. The normalized spacial score (nSPS) is 10.4. The summed E-state index contributed by atoms with van der Waals surface area (Å²) in [4.78, 5) is 12.4. The van der Waals surface area contributed by atoms with Crippen molar-refractivity contribution in [3.8, 4) is 11.1 Å². The molecule has 104 valence electrons. The van der Waals surface area contributed by atoms with Gasteiger partial charge in [0, 0.05) is 17.3 Å². The van der Waals surface area contributed by atoms with Gasteiger partial charge in [-0.05, 0) is 24.0 Å². The van der Waals surface area contributed by atoms with Crippen molar-refractivity contribution in [3.05, 3.63) is 60.2 Å². The number of Topliss-reactive ketones (excluding diaryl/α,β-unsaturated/α-hetero) is 1. The Kier molecular flexibility index (Phi) is 6.00. The van der Waals surface area contributed by atoms with E-state index >= 15 is 0 Å². The van der Waals surface area contributed by atoms with Crippen LogP contribution in [0.1, 0.15) is 36.0 Å². The molecule has 0 N–H and O–H groups in total. The van der Waals surface area contributed by atoms with Gasteiger partial charge in [-0.15, -0.1) is 0 Å². The summed E-state index contributed by atoms with van der Waals surface area (Å²) in [5.41, 5.74) is 2.99. The van der Waals surface area contributed by atoms with Crippen LogP contribution in [-0.4, -0.2) is 11.1 Å². The van der Waals surface area contributed by atoms with Crippen molar-refractivity contribution >= 4 is 21.7 Å². The van der Waals surface area contributed by atoms with E-state index in [1.165, 1.54) is 0 Å². The predicted octanol–water partition coefficient (Wildman–Crippen LogP) is 5.49. The van der Waals surface area contributed by atoms with Crippen molar-refractivity contribution in [3.63, 3.8) is 0 Å². The molecule has 0 heterocycles. The van der Waals surface area contributed by atoms with Gasteiger partial charge in [0.05, 0.1) is 0 Å². The van der Waals surface area contributed by atoms with E-state index in [4.69, 9.17) is 0 Å². The minimum absolute atomic E-state index is 0.249. The maximum absolute atomic E-state index is 12.4. The van der Waals surface area contributed by atoms with Crippen LogP contribution in [0.15, 0.2) is 54.6 Å². The highest BCUT2D eigenvalue weighted by atomic mass is 79.9. The zero-order valence-electron chi connectivity index (χ0n) is 11.5. The first-order valence-corrected chi connectivity index (χ1v) is 8.18. The summed E-state index contributed by atoms with van der Waals surface area (Å²) in [7, 11) is 0. The first kappa shape index (κ1) is 15.0. The molecule has 0 aliphatic heterocycles. The molecule has 0 amide bonds. The Hall–Kier alpha value is -1.41. The summed E-state index contributed by atoms with van der Waals surface area (Å²) in [6.07, 6.45) is 3.84. The summed E-state index contributed by atoms with van der Waals surface area (Å²) in [5.74, 6) is 0.249. The average Bonchev–Trinajstić information content (AvgIpc) is 2.52. The lowest BCUT2D eigenvalue weighted by Gasteiger charge is -2.08. The summed E-state index contributed by atoms with van der Waals surface area (Å²) in [5, 5.41) is 1.02. The number of hydrogen-bond donors (Lipinski definition) is 0. The fourth-order valence-electron chi connectivity index (χ4n) is 2.29. The predicted molar refractivity (Wildman–Crippen MR) is 88.5 cm³/mol. The third kappa shape index (κ3) is 4.04. The average molecular weight is 331 g/mol. The van der Waals surface area contributed by atoms with E-state index in [9.17, 15) is 4.79 Å². The van der Waals surface area contributed by atoms with Crippen LogP contribution in [0.4, 0.5) is 0 Å². The van der Waals surface area contributed by atoms with Crippen molar-refractivity contribution in [2.24, 2.45) is 0 Å². The monoisotopic (exact) mass is 330 g/mol. The third-order valence-corrected chi connectivity index (χ3v) is 3.91. The summed E-state index contributed by atoms with van der Waals surface area (Å²) in [6.45, 7) is 0. The van der Waals surface area contributed by atoms with E-state index in [1.54, 1.807) is 0 Å². The molecule has 0 bridgehead atoms. The van der Waals surface area contributed by atoms with Crippen LogP contribution in [0.5, 0.6) is 0 Å². The smallest absolute Gasteiger partial charge is 0.163 e. The summed E-state index contributed by atoms with van der Waals surface area (Å²) in [6, 6.07) is 18.0. The molecule has 2 aromatic rings. The summed E-state index contributed by atoms with van der Waals surface area (Å²) >= 11 is 3.42. The fourth-order valence-corrected chi connectivity index (χ4v) is 2.68. The van der Waals surface area contributed by atoms with Gasteiger partial charge in [-0.1, -0.05) is 76.9 Å². The van der Waals surface area contributed by atoms with Crippen LogP contribution in [-0.2, 0) is 0 Å². The number of halogens is 1. The zero-order valence-corrected chi connectivity index (χ0v) is 13.1. The van der Waals surface area contributed by atoms with E-state index in [2.05, 4.69) is 28.1 Å². The largest absolute Gasteiger partial charge is 0.294 e. The van der Waals surface area contributed by atoms with Gasteiger partial charge in [0.2, 0.25) is 0 Å². The first-order valence-electron chi connectivity index (χ1n) is 7.06. The number of alkyl halides is 1. The van der Waals surface area contributed by atoms with Crippen molar-refractivity contribution in [1.82, 2.24) is 0 Å². The fraction of sp³-hybridized carbons (Fsp3) is 0.278. The van der Waals surface area contributed by atoms with E-state index < -0.39 is 0 Å².